The first-order valence-corrected chi connectivity index (χ1v) is 7.55. The van der Waals surface area contributed by atoms with Crippen LogP contribution in [-0.4, -0.2) is 11.6 Å². The van der Waals surface area contributed by atoms with E-state index in [9.17, 15) is 9.59 Å². The summed E-state index contributed by atoms with van der Waals surface area (Å²) in [5, 5.41) is 0. The molecule has 1 aliphatic rings. The van der Waals surface area contributed by atoms with Crippen molar-refractivity contribution in [2.75, 3.05) is 0 Å². The van der Waals surface area contributed by atoms with Gasteiger partial charge in [0.1, 0.15) is 0 Å². The molecule has 3 rings (SSSR count). The predicted molar refractivity (Wildman–Crippen MR) is 86.8 cm³/mol. The minimum atomic E-state index is -0.00869. The van der Waals surface area contributed by atoms with Gasteiger partial charge in [-0.3, -0.25) is 9.59 Å². The molecule has 0 heterocycles. The molecule has 0 spiro atoms. The molecule has 0 aliphatic heterocycles. The van der Waals surface area contributed by atoms with Crippen LogP contribution in [0, 0.1) is 17.8 Å². The average Bonchev–Trinajstić information content (AvgIpc) is 3.23. The fraction of sp³-hybridized carbons (Fsp3) is 0.200. The van der Waals surface area contributed by atoms with Gasteiger partial charge in [-0.15, -0.1) is 0 Å². The molecule has 0 bridgehead atoms. The summed E-state index contributed by atoms with van der Waals surface area (Å²) in [6.07, 6.45) is 3.50. The van der Waals surface area contributed by atoms with Gasteiger partial charge in [-0.1, -0.05) is 73.7 Å². The lowest BCUT2D eigenvalue weighted by molar-refractivity contribution is 0.0957. The number of carbonyl (C=O) groups excluding carboxylic acids is 2. The molecule has 0 radical (unpaired) electrons. The Hall–Kier alpha value is -2.48. The van der Waals surface area contributed by atoms with Crippen LogP contribution in [0.3, 0.4) is 0 Å². The Morgan fingerprint density at radius 1 is 0.864 bits per heavy atom. The molecule has 0 N–H and O–H groups in total. The zero-order valence-electron chi connectivity index (χ0n) is 12.5. The summed E-state index contributed by atoms with van der Waals surface area (Å²) in [5.41, 5.74) is 1.43. The number of benzene rings is 2. The van der Waals surface area contributed by atoms with Crippen LogP contribution in [0.2, 0.25) is 0 Å². The minimum Gasteiger partial charge on any atom is -0.294 e. The van der Waals surface area contributed by atoms with Crippen LogP contribution in [0.4, 0.5) is 0 Å². The Bertz CT molecular complexity index is 701. The number of Topliss-reactive ketones (excluding diaryl/α,β-unsaturated/α-hetero) is 1. The molecule has 2 heteroatoms. The largest absolute Gasteiger partial charge is 0.294 e. The summed E-state index contributed by atoms with van der Waals surface area (Å²) in [5.74, 6) is 0.635. The smallest absolute Gasteiger partial charge is 0.185 e. The van der Waals surface area contributed by atoms with E-state index >= 15 is 0 Å². The van der Waals surface area contributed by atoms with Crippen molar-refractivity contribution in [3.05, 3.63) is 83.9 Å². The van der Waals surface area contributed by atoms with Gasteiger partial charge in [0, 0.05) is 17.0 Å². The summed E-state index contributed by atoms with van der Waals surface area (Å²) in [6, 6.07) is 18.6. The molecular formula is C20H18O2. The van der Waals surface area contributed by atoms with E-state index in [2.05, 4.69) is 6.92 Å². The van der Waals surface area contributed by atoms with Gasteiger partial charge in [0.05, 0.1) is 0 Å². The summed E-state index contributed by atoms with van der Waals surface area (Å²) >= 11 is 0. The van der Waals surface area contributed by atoms with Gasteiger partial charge in [0.15, 0.2) is 11.6 Å². The molecule has 2 aromatic rings. The van der Waals surface area contributed by atoms with Crippen molar-refractivity contribution >= 4 is 11.6 Å². The second-order valence-corrected chi connectivity index (χ2v) is 5.78. The third kappa shape index (κ3) is 2.91. The van der Waals surface area contributed by atoms with Crippen molar-refractivity contribution in [2.24, 2.45) is 17.8 Å². The fourth-order valence-corrected chi connectivity index (χ4v) is 2.89. The van der Waals surface area contributed by atoms with Crippen LogP contribution in [0.15, 0.2) is 72.8 Å². The summed E-state index contributed by atoms with van der Waals surface area (Å²) in [4.78, 5) is 24.5. The Labute approximate surface area is 130 Å². The second kappa shape index (κ2) is 6.10. The van der Waals surface area contributed by atoms with Crippen LogP contribution in [0.5, 0.6) is 0 Å². The van der Waals surface area contributed by atoms with E-state index in [1.165, 1.54) is 0 Å². The topological polar surface area (TPSA) is 34.1 Å². The molecule has 0 amide bonds. The van der Waals surface area contributed by atoms with Gasteiger partial charge in [-0.2, -0.15) is 0 Å². The minimum absolute atomic E-state index is 0.00206. The number of carbonyl (C=O) groups is 2. The third-order valence-corrected chi connectivity index (χ3v) is 4.34. The first-order chi connectivity index (χ1) is 10.7. The lowest BCUT2D eigenvalue weighted by Gasteiger charge is -1.98. The van der Waals surface area contributed by atoms with Gasteiger partial charge < -0.3 is 0 Å². The molecule has 2 nitrogen and oxygen atoms in total. The zero-order chi connectivity index (χ0) is 15.5. The highest BCUT2D eigenvalue weighted by Crippen LogP contribution is 2.48. The quantitative estimate of drug-likeness (QED) is 0.611. The highest BCUT2D eigenvalue weighted by Gasteiger charge is 2.49. The highest BCUT2D eigenvalue weighted by atomic mass is 16.1. The molecule has 110 valence electrons. The number of allylic oxidation sites excluding steroid dienone is 2. The van der Waals surface area contributed by atoms with Crippen LogP contribution in [0.25, 0.3) is 0 Å². The van der Waals surface area contributed by atoms with Gasteiger partial charge in [-0.05, 0) is 17.9 Å². The van der Waals surface area contributed by atoms with E-state index in [0.29, 0.717) is 11.5 Å². The van der Waals surface area contributed by atoms with Crippen LogP contribution in [-0.2, 0) is 0 Å². The van der Waals surface area contributed by atoms with Crippen molar-refractivity contribution in [1.29, 1.82) is 0 Å². The molecule has 0 unspecified atom stereocenters. The normalized spacial score (nSPS) is 23.4. The van der Waals surface area contributed by atoms with E-state index in [1.807, 2.05) is 54.6 Å². The lowest BCUT2D eigenvalue weighted by atomic mass is 10.1. The van der Waals surface area contributed by atoms with Gasteiger partial charge in [0.2, 0.25) is 0 Å². The van der Waals surface area contributed by atoms with Crippen molar-refractivity contribution in [1.82, 2.24) is 0 Å². The molecule has 1 fully saturated rings. The van der Waals surface area contributed by atoms with Gasteiger partial charge in [-0.25, -0.2) is 0 Å². The lowest BCUT2D eigenvalue weighted by Crippen LogP contribution is -2.03. The van der Waals surface area contributed by atoms with Gasteiger partial charge >= 0.3 is 0 Å². The molecule has 22 heavy (non-hydrogen) atoms. The summed E-state index contributed by atoms with van der Waals surface area (Å²) in [7, 11) is 0. The summed E-state index contributed by atoms with van der Waals surface area (Å²) in [6.45, 7) is 2.06. The monoisotopic (exact) mass is 290 g/mol. The average molecular weight is 290 g/mol. The van der Waals surface area contributed by atoms with Crippen molar-refractivity contribution in [2.45, 2.75) is 6.92 Å². The maximum atomic E-state index is 12.4. The van der Waals surface area contributed by atoms with Gasteiger partial charge in [0.25, 0.3) is 0 Å². The third-order valence-electron chi connectivity index (χ3n) is 4.34. The summed E-state index contributed by atoms with van der Waals surface area (Å²) < 4.78 is 0. The first-order valence-electron chi connectivity index (χ1n) is 7.55. The maximum Gasteiger partial charge on any atom is 0.185 e. The predicted octanol–water partition coefficient (Wildman–Crippen LogP) is 4.19. The molecule has 1 aliphatic carbocycles. The second-order valence-electron chi connectivity index (χ2n) is 5.78. The van der Waals surface area contributed by atoms with Crippen molar-refractivity contribution in [3.8, 4) is 0 Å². The van der Waals surface area contributed by atoms with Crippen molar-refractivity contribution < 1.29 is 9.59 Å². The number of ketones is 2. The Morgan fingerprint density at radius 2 is 1.41 bits per heavy atom. The van der Waals surface area contributed by atoms with Crippen LogP contribution >= 0.6 is 0 Å². The number of hydrogen-bond acceptors (Lipinski definition) is 2. The molecular weight excluding hydrogens is 272 g/mol. The van der Waals surface area contributed by atoms with Crippen LogP contribution < -0.4 is 0 Å². The van der Waals surface area contributed by atoms with Crippen LogP contribution in [0.1, 0.15) is 27.6 Å². The van der Waals surface area contributed by atoms with E-state index in [-0.39, 0.29) is 23.4 Å². The molecule has 3 atom stereocenters. The fourth-order valence-electron chi connectivity index (χ4n) is 2.89. The highest BCUT2D eigenvalue weighted by molar-refractivity contribution is 6.05. The molecule has 0 saturated heterocycles. The van der Waals surface area contributed by atoms with Crippen molar-refractivity contribution in [3.63, 3.8) is 0 Å². The van der Waals surface area contributed by atoms with E-state index < -0.39 is 0 Å². The number of rotatable bonds is 5. The van der Waals surface area contributed by atoms with E-state index in [0.717, 1.165) is 5.56 Å². The number of hydrogen-bond donors (Lipinski definition) is 0. The molecule has 2 aromatic carbocycles. The standard InChI is InChI=1S/C20H18O2/c1-14-17(12-13-18(21)15-8-4-2-5-9-15)19(14)20(22)16-10-6-3-7-11-16/h2-14,17,19H,1H3/b13-12+/t14-,17-,19+/m1/s1. The van der Waals surface area contributed by atoms with E-state index in [4.69, 9.17) is 0 Å². The maximum absolute atomic E-state index is 12.4. The van der Waals surface area contributed by atoms with E-state index in [1.54, 1.807) is 18.2 Å². The SMILES string of the molecule is C[C@@H]1[C@@H](/C=C/C(=O)c2ccccc2)[C@H]1C(=O)c1ccccc1. The molecule has 0 aromatic heterocycles. The Morgan fingerprint density at radius 3 is 2.00 bits per heavy atom. The Balaban J connectivity index is 1.66. The zero-order valence-corrected chi connectivity index (χ0v) is 12.5. The molecule has 1 saturated carbocycles. The Kier molecular flexibility index (Phi) is 4.01. The first kappa shape index (κ1) is 14.5.